The van der Waals surface area contributed by atoms with Crippen LogP contribution in [0, 0.1) is 0 Å². The second-order valence-corrected chi connectivity index (χ2v) is 6.88. The van der Waals surface area contributed by atoms with Gasteiger partial charge in [0, 0.05) is 6.20 Å². The summed E-state index contributed by atoms with van der Waals surface area (Å²) in [5.74, 6) is 1.11. The van der Waals surface area contributed by atoms with E-state index in [1.807, 2.05) is 59.5 Å². The van der Waals surface area contributed by atoms with Gasteiger partial charge in [0.25, 0.3) is 0 Å². The second-order valence-electron chi connectivity index (χ2n) is 6.88. The van der Waals surface area contributed by atoms with Gasteiger partial charge in [-0.15, -0.1) is 0 Å². The van der Waals surface area contributed by atoms with Crippen molar-refractivity contribution in [1.29, 1.82) is 0 Å². The van der Waals surface area contributed by atoms with Crippen molar-refractivity contribution in [2.45, 2.75) is 6.54 Å². The van der Waals surface area contributed by atoms with Crippen molar-refractivity contribution in [3.8, 4) is 0 Å². The first kappa shape index (κ1) is 20.8. The van der Waals surface area contributed by atoms with E-state index in [0.29, 0.717) is 40.9 Å². The average molecular weight is 426 g/mol. The third-order valence-corrected chi connectivity index (χ3v) is 4.81. The van der Waals surface area contributed by atoms with Crippen molar-refractivity contribution in [1.82, 2.24) is 15.0 Å². The highest BCUT2D eigenvalue weighted by Gasteiger charge is 2.20. The molecular formula is C24H22N6O2. The van der Waals surface area contributed by atoms with Crippen molar-refractivity contribution in [2.24, 2.45) is 0 Å². The van der Waals surface area contributed by atoms with E-state index < -0.39 is 5.97 Å². The maximum atomic E-state index is 12.1. The average Bonchev–Trinajstić information content (AvgIpc) is 2.85. The summed E-state index contributed by atoms with van der Waals surface area (Å²) in [5.41, 5.74) is 8.81. The summed E-state index contributed by atoms with van der Waals surface area (Å²) >= 11 is 0. The molecule has 8 heteroatoms. The van der Waals surface area contributed by atoms with E-state index in [1.54, 1.807) is 24.4 Å². The topological polar surface area (TPSA) is 106 Å². The summed E-state index contributed by atoms with van der Waals surface area (Å²) < 4.78 is 4.87. The van der Waals surface area contributed by atoms with E-state index in [0.717, 1.165) is 5.56 Å². The van der Waals surface area contributed by atoms with Gasteiger partial charge in [-0.25, -0.2) is 19.7 Å². The molecule has 8 nitrogen and oxygen atoms in total. The smallest absolute Gasteiger partial charge is 0.339 e. The SMILES string of the molecule is COC(=O)c1ccccc1Nc1ncnc(N(Cc2ccccc2)c2ccccn2)c1N. The van der Waals surface area contributed by atoms with Crippen LogP contribution in [0.5, 0.6) is 0 Å². The van der Waals surface area contributed by atoms with Crippen LogP contribution in [0.4, 0.5) is 28.8 Å². The van der Waals surface area contributed by atoms with Crippen LogP contribution in [0.2, 0.25) is 0 Å². The Morgan fingerprint density at radius 2 is 1.72 bits per heavy atom. The normalized spacial score (nSPS) is 10.4. The molecule has 3 N–H and O–H groups in total. The monoisotopic (exact) mass is 426 g/mol. The molecule has 0 unspecified atom stereocenters. The number of hydrogen-bond acceptors (Lipinski definition) is 8. The molecule has 0 amide bonds. The number of ether oxygens (including phenoxy) is 1. The maximum Gasteiger partial charge on any atom is 0.339 e. The summed E-state index contributed by atoms with van der Waals surface area (Å²) in [6, 6.07) is 22.6. The number of nitrogens with one attached hydrogen (secondary N) is 1. The van der Waals surface area contributed by atoms with Gasteiger partial charge in [-0.3, -0.25) is 0 Å². The first-order valence-corrected chi connectivity index (χ1v) is 9.94. The van der Waals surface area contributed by atoms with Crippen molar-refractivity contribution < 1.29 is 9.53 Å². The number of aromatic nitrogens is 3. The summed E-state index contributed by atoms with van der Waals surface area (Å²) in [6.07, 6.45) is 3.15. The largest absolute Gasteiger partial charge is 0.465 e. The van der Waals surface area contributed by atoms with Gasteiger partial charge in [0.1, 0.15) is 17.8 Å². The molecule has 2 aromatic heterocycles. The lowest BCUT2D eigenvalue weighted by Gasteiger charge is -2.25. The molecule has 160 valence electrons. The number of pyridine rings is 1. The van der Waals surface area contributed by atoms with E-state index in [-0.39, 0.29) is 0 Å². The number of anilines is 5. The van der Waals surface area contributed by atoms with Crippen LogP contribution >= 0.6 is 0 Å². The molecule has 0 bridgehead atoms. The van der Waals surface area contributed by atoms with Gasteiger partial charge < -0.3 is 20.7 Å². The molecule has 0 saturated carbocycles. The third-order valence-electron chi connectivity index (χ3n) is 4.81. The molecule has 0 atom stereocenters. The molecule has 4 aromatic rings. The van der Waals surface area contributed by atoms with Crippen LogP contribution in [0.15, 0.2) is 85.3 Å². The molecule has 0 aliphatic rings. The number of carbonyl (C=O) groups is 1. The van der Waals surface area contributed by atoms with Crippen LogP contribution in [0.25, 0.3) is 0 Å². The quantitative estimate of drug-likeness (QED) is 0.421. The maximum absolute atomic E-state index is 12.1. The molecule has 4 rings (SSSR count). The van der Waals surface area contributed by atoms with Gasteiger partial charge in [-0.05, 0) is 29.8 Å². The highest BCUT2D eigenvalue weighted by atomic mass is 16.5. The molecule has 2 aromatic carbocycles. The Morgan fingerprint density at radius 3 is 2.47 bits per heavy atom. The minimum absolute atomic E-state index is 0.328. The van der Waals surface area contributed by atoms with E-state index >= 15 is 0 Å². The highest BCUT2D eigenvalue weighted by Crippen LogP contribution is 2.34. The minimum Gasteiger partial charge on any atom is -0.465 e. The fourth-order valence-corrected chi connectivity index (χ4v) is 3.25. The lowest BCUT2D eigenvalue weighted by atomic mass is 10.1. The Kier molecular flexibility index (Phi) is 6.22. The summed E-state index contributed by atoms with van der Waals surface area (Å²) in [7, 11) is 1.34. The minimum atomic E-state index is -0.458. The van der Waals surface area contributed by atoms with Crippen molar-refractivity contribution >= 4 is 34.8 Å². The van der Waals surface area contributed by atoms with Crippen molar-refractivity contribution in [3.05, 3.63) is 96.4 Å². The fourth-order valence-electron chi connectivity index (χ4n) is 3.25. The number of para-hydroxylation sites is 1. The Morgan fingerprint density at radius 1 is 0.969 bits per heavy atom. The first-order valence-electron chi connectivity index (χ1n) is 9.94. The number of esters is 1. The number of nitrogens with two attached hydrogens (primary N) is 1. The zero-order valence-electron chi connectivity index (χ0n) is 17.5. The van der Waals surface area contributed by atoms with Gasteiger partial charge >= 0.3 is 5.97 Å². The molecule has 0 fully saturated rings. The Hall–Kier alpha value is -4.46. The third kappa shape index (κ3) is 4.49. The number of benzene rings is 2. The van der Waals surface area contributed by atoms with Gasteiger partial charge in [0.15, 0.2) is 11.6 Å². The van der Waals surface area contributed by atoms with E-state index in [1.165, 1.54) is 13.4 Å². The van der Waals surface area contributed by atoms with Crippen LogP contribution in [-0.4, -0.2) is 28.0 Å². The summed E-state index contributed by atoms with van der Waals surface area (Å²) in [6.45, 7) is 0.511. The lowest BCUT2D eigenvalue weighted by Crippen LogP contribution is -2.21. The van der Waals surface area contributed by atoms with E-state index in [4.69, 9.17) is 10.5 Å². The predicted molar refractivity (Wildman–Crippen MR) is 124 cm³/mol. The fraction of sp³-hybridized carbons (Fsp3) is 0.0833. The second kappa shape index (κ2) is 9.57. The molecule has 2 heterocycles. The molecule has 32 heavy (non-hydrogen) atoms. The van der Waals surface area contributed by atoms with Crippen LogP contribution < -0.4 is 16.0 Å². The summed E-state index contributed by atoms with van der Waals surface area (Å²) in [4.78, 5) is 27.3. The summed E-state index contributed by atoms with van der Waals surface area (Å²) in [5, 5.41) is 3.14. The van der Waals surface area contributed by atoms with Crippen LogP contribution in [0.1, 0.15) is 15.9 Å². The number of rotatable bonds is 7. The molecule has 0 aliphatic carbocycles. The van der Waals surface area contributed by atoms with Gasteiger partial charge in [-0.1, -0.05) is 48.5 Å². The zero-order chi connectivity index (χ0) is 22.3. The van der Waals surface area contributed by atoms with Gasteiger partial charge in [0.05, 0.1) is 24.9 Å². The predicted octanol–water partition coefficient (Wildman–Crippen LogP) is 4.32. The van der Waals surface area contributed by atoms with Crippen LogP contribution in [-0.2, 0) is 11.3 Å². The number of nitrogens with zero attached hydrogens (tertiary/aromatic N) is 4. The van der Waals surface area contributed by atoms with Crippen LogP contribution in [0.3, 0.4) is 0 Å². The molecular weight excluding hydrogens is 404 g/mol. The van der Waals surface area contributed by atoms with Gasteiger partial charge in [-0.2, -0.15) is 0 Å². The van der Waals surface area contributed by atoms with Gasteiger partial charge in [0.2, 0.25) is 0 Å². The standard InChI is InChI=1S/C24H22N6O2/c1-32-24(31)18-11-5-6-12-19(18)29-22-21(25)23(28-16-27-22)30(20-13-7-8-14-26-20)15-17-9-3-2-4-10-17/h2-14,16H,15,25H2,1H3,(H,27,28,29). The van der Waals surface area contributed by atoms with E-state index in [2.05, 4.69) is 20.3 Å². The van der Waals surface area contributed by atoms with Crippen molar-refractivity contribution in [2.75, 3.05) is 23.1 Å². The number of methoxy groups -OCH3 is 1. The first-order chi connectivity index (χ1) is 15.7. The Balaban J connectivity index is 1.73. The van der Waals surface area contributed by atoms with Crippen molar-refractivity contribution in [3.63, 3.8) is 0 Å². The molecule has 0 aliphatic heterocycles. The number of carbonyl (C=O) groups excluding carboxylic acids is 1. The lowest BCUT2D eigenvalue weighted by molar-refractivity contribution is 0.0602. The molecule has 0 radical (unpaired) electrons. The Bertz CT molecular complexity index is 1200. The Labute approximate surface area is 185 Å². The number of hydrogen-bond donors (Lipinski definition) is 2. The van der Waals surface area contributed by atoms with E-state index in [9.17, 15) is 4.79 Å². The molecule has 0 spiro atoms. The highest BCUT2D eigenvalue weighted by molar-refractivity contribution is 5.97. The number of nitrogen functional groups attached to an aromatic ring is 1. The zero-order valence-corrected chi connectivity index (χ0v) is 17.5. The molecule has 0 saturated heterocycles.